The van der Waals surface area contributed by atoms with Crippen molar-refractivity contribution in [2.24, 2.45) is 11.7 Å². The lowest BCUT2D eigenvalue weighted by molar-refractivity contribution is -0.119. The van der Waals surface area contributed by atoms with E-state index in [1.165, 1.54) is 12.8 Å². The maximum absolute atomic E-state index is 10.7. The predicted molar refractivity (Wildman–Crippen MR) is 75.2 cm³/mol. The van der Waals surface area contributed by atoms with Gasteiger partial charge < -0.3 is 21.1 Å². The van der Waals surface area contributed by atoms with Crippen molar-refractivity contribution in [2.75, 3.05) is 31.6 Å². The van der Waals surface area contributed by atoms with Crippen LogP contribution in [-0.2, 0) is 4.79 Å². The van der Waals surface area contributed by atoms with E-state index in [0.29, 0.717) is 5.75 Å². The summed E-state index contributed by atoms with van der Waals surface area (Å²) in [6.07, 6.45) is 2.43. The summed E-state index contributed by atoms with van der Waals surface area (Å²) >= 11 is 0. The van der Waals surface area contributed by atoms with E-state index in [4.69, 9.17) is 10.5 Å². The summed E-state index contributed by atoms with van der Waals surface area (Å²) in [5.74, 6) is 0.915. The van der Waals surface area contributed by atoms with E-state index in [-0.39, 0.29) is 6.61 Å². The summed E-state index contributed by atoms with van der Waals surface area (Å²) in [5.41, 5.74) is 6.06. The first-order valence-electron chi connectivity index (χ1n) is 6.70. The summed E-state index contributed by atoms with van der Waals surface area (Å²) in [6.45, 7) is 3.10. The van der Waals surface area contributed by atoms with E-state index < -0.39 is 5.91 Å². The molecule has 0 saturated carbocycles. The first kappa shape index (κ1) is 13.7. The SMILES string of the molecule is NC(=O)COc1cccc(NCC2CCNCC2)c1. The number of carbonyl (C=O) groups is 1. The van der Waals surface area contributed by atoms with Crippen LogP contribution in [0.2, 0.25) is 0 Å². The highest BCUT2D eigenvalue weighted by atomic mass is 16.5. The first-order chi connectivity index (χ1) is 9.24. The summed E-state index contributed by atoms with van der Waals surface area (Å²) in [7, 11) is 0. The van der Waals surface area contributed by atoms with Gasteiger partial charge in [-0.1, -0.05) is 6.07 Å². The van der Waals surface area contributed by atoms with E-state index in [2.05, 4.69) is 10.6 Å². The summed E-state index contributed by atoms with van der Waals surface area (Å²) in [6, 6.07) is 7.61. The number of primary amides is 1. The minimum Gasteiger partial charge on any atom is -0.484 e. The van der Waals surface area contributed by atoms with Crippen LogP contribution in [0, 0.1) is 5.92 Å². The molecule has 5 nitrogen and oxygen atoms in total. The number of benzene rings is 1. The first-order valence-corrected chi connectivity index (χ1v) is 6.70. The number of nitrogens with two attached hydrogens (primary N) is 1. The smallest absolute Gasteiger partial charge is 0.255 e. The number of anilines is 1. The lowest BCUT2D eigenvalue weighted by atomic mass is 9.98. The van der Waals surface area contributed by atoms with Crippen molar-refractivity contribution >= 4 is 11.6 Å². The van der Waals surface area contributed by atoms with Crippen LogP contribution in [0.1, 0.15) is 12.8 Å². The molecule has 0 bridgehead atoms. The molecule has 5 heteroatoms. The quantitative estimate of drug-likeness (QED) is 0.714. The van der Waals surface area contributed by atoms with Crippen molar-refractivity contribution in [3.8, 4) is 5.75 Å². The number of ether oxygens (including phenoxy) is 1. The van der Waals surface area contributed by atoms with Crippen LogP contribution in [0.4, 0.5) is 5.69 Å². The molecule has 1 aromatic carbocycles. The highest BCUT2D eigenvalue weighted by Gasteiger charge is 2.12. The predicted octanol–water partition coefficient (Wildman–Crippen LogP) is 0.962. The number of hydrogen-bond donors (Lipinski definition) is 3. The molecule has 0 atom stereocenters. The fourth-order valence-electron chi connectivity index (χ4n) is 2.20. The maximum atomic E-state index is 10.7. The van der Waals surface area contributed by atoms with E-state index in [1.54, 1.807) is 0 Å². The van der Waals surface area contributed by atoms with Crippen molar-refractivity contribution in [1.82, 2.24) is 5.32 Å². The highest BCUT2D eigenvalue weighted by molar-refractivity contribution is 5.75. The second-order valence-corrected chi connectivity index (χ2v) is 4.86. The van der Waals surface area contributed by atoms with E-state index in [1.807, 2.05) is 24.3 Å². The Morgan fingerprint density at radius 1 is 1.42 bits per heavy atom. The summed E-state index contributed by atoms with van der Waals surface area (Å²) < 4.78 is 5.28. The van der Waals surface area contributed by atoms with Gasteiger partial charge >= 0.3 is 0 Å². The Balaban J connectivity index is 1.82. The molecular formula is C14H21N3O2. The minimum absolute atomic E-state index is 0.0856. The van der Waals surface area contributed by atoms with Gasteiger partial charge in [-0.05, 0) is 44.0 Å². The van der Waals surface area contributed by atoms with Crippen molar-refractivity contribution in [3.63, 3.8) is 0 Å². The fraction of sp³-hybridized carbons (Fsp3) is 0.500. The van der Waals surface area contributed by atoms with Gasteiger partial charge in [0.2, 0.25) is 0 Å². The highest BCUT2D eigenvalue weighted by Crippen LogP contribution is 2.19. The molecule has 0 unspecified atom stereocenters. The number of rotatable bonds is 6. The molecule has 0 aliphatic carbocycles. The molecule has 1 fully saturated rings. The number of nitrogens with one attached hydrogen (secondary N) is 2. The van der Waals surface area contributed by atoms with E-state index >= 15 is 0 Å². The Bertz CT molecular complexity index is 417. The standard InChI is InChI=1S/C14H21N3O2/c15-14(18)10-19-13-3-1-2-12(8-13)17-9-11-4-6-16-7-5-11/h1-3,8,11,16-17H,4-7,9-10H2,(H2,15,18). The van der Waals surface area contributed by atoms with Crippen LogP contribution in [0.25, 0.3) is 0 Å². The van der Waals surface area contributed by atoms with Crippen molar-refractivity contribution in [1.29, 1.82) is 0 Å². The Kier molecular flexibility index (Phi) is 5.03. The topological polar surface area (TPSA) is 76.4 Å². The number of amides is 1. The average molecular weight is 263 g/mol. The van der Waals surface area contributed by atoms with Gasteiger partial charge in [0.25, 0.3) is 5.91 Å². The monoisotopic (exact) mass is 263 g/mol. The summed E-state index contributed by atoms with van der Waals surface area (Å²) in [5, 5.41) is 6.78. The Labute approximate surface area is 113 Å². The van der Waals surface area contributed by atoms with Crippen molar-refractivity contribution < 1.29 is 9.53 Å². The molecule has 1 aliphatic rings. The van der Waals surface area contributed by atoms with Gasteiger partial charge in [-0.25, -0.2) is 0 Å². The van der Waals surface area contributed by atoms with E-state index in [9.17, 15) is 4.79 Å². The molecule has 0 radical (unpaired) electrons. The molecule has 19 heavy (non-hydrogen) atoms. The normalized spacial score (nSPS) is 16.0. The van der Waals surface area contributed by atoms with Gasteiger partial charge in [-0.3, -0.25) is 4.79 Å². The Morgan fingerprint density at radius 3 is 2.95 bits per heavy atom. The fourth-order valence-corrected chi connectivity index (χ4v) is 2.20. The van der Waals surface area contributed by atoms with Crippen molar-refractivity contribution in [2.45, 2.75) is 12.8 Å². The molecular weight excluding hydrogens is 242 g/mol. The second kappa shape index (κ2) is 6.99. The molecule has 0 spiro atoms. The molecule has 2 rings (SSSR count). The third kappa shape index (κ3) is 4.79. The Hall–Kier alpha value is -1.75. The zero-order chi connectivity index (χ0) is 13.5. The number of carbonyl (C=O) groups excluding carboxylic acids is 1. The van der Waals surface area contributed by atoms with Gasteiger partial charge in [0, 0.05) is 18.3 Å². The third-order valence-electron chi connectivity index (χ3n) is 3.27. The largest absolute Gasteiger partial charge is 0.484 e. The van der Waals surface area contributed by atoms with Crippen LogP contribution in [0.3, 0.4) is 0 Å². The van der Waals surface area contributed by atoms with Crippen molar-refractivity contribution in [3.05, 3.63) is 24.3 Å². The lowest BCUT2D eigenvalue weighted by Crippen LogP contribution is -2.31. The molecule has 1 amide bonds. The van der Waals surface area contributed by atoms with Crippen LogP contribution in [-0.4, -0.2) is 32.1 Å². The molecule has 1 heterocycles. The van der Waals surface area contributed by atoms with Gasteiger partial charge in [0.1, 0.15) is 5.75 Å². The maximum Gasteiger partial charge on any atom is 0.255 e. The van der Waals surface area contributed by atoms with Crippen LogP contribution >= 0.6 is 0 Å². The zero-order valence-electron chi connectivity index (χ0n) is 11.0. The van der Waals surface area contributed by atoms with Crippen LogP contribution < -0.4 is 21.1 Å². The third-order valence-corrected chi connectivity index (χ3v) is 3.27. The van der Waals surface area contributed by atoms with Crippen LogP contribution in [0.5, 0.6) is 5.75 Å². The van der Waals surface area contributed by atoms with Gasteiger partial charge in [-0.15, -0.1) is 0 Å². The minimum atomic E-state index is -0.465. The Morgan fingerprint density at radius 2 is 2.21 bits per heavy atom. The summed E-state index contributed by atoms with van der Waals surface area (Å²) in [4.78, 5) is 10.7. The average Bonchev–Trinajstić information content (AvgIpc) is 2.44. The van der Waals surface area contributed by atoms with Gasteiger partial charge in [-0.2, -0.15) is 0 Å². The molecule has 1 aliphatic heterocycles. The lowest BCUT2D eigenvalue weighted by Gasteiger charge is -2.23. The molecule has 104 valence electrons. The molecule has 1 aromatic rings. The zero-order valence-corrected chi connectivity index (χ0v) is 11.0. The number of hydrogen-bond acceptors (Lipinski definition) is 4. The van der Waals surface area contributed by atoms with Crippen LogP contribution in [0.15, 0.2) is 24.3 Å². The van der Waals surface area contributed by atoms with Gasteiger partial charge in [0.05, 0.1) is 0 Å². The molecule has 4 N–H and O–H groups in total. The second-order valence-electron chi connectivity index (χ2n) is 4.86. The van der Waals surface area contributed by atoms with Gasteiger partial charge in [0.15, 0.2) is 6.61 Å². The molecule has 0 aromatic heterocycles. The van der Waals surface area contributed by atoms with E-state index in [0.717, 1.165) is 31.2 Å². The molecule has 1 saturated heterocycles. The number of piperidine rings is 1.